The molecule has 1 aromatic rings. The highest BCUT2D eigenvalue weighted by atomic mass is 32.2. The number of carbonyl (C=O) groups excluding carboxylic acids is 2. The maximum atomic E-state index is 13.6. The summed E-state index contributed by atoms with van der Waals surface area (Å²) in [7, 11) is -1.61. The number of rotatable bonds is 7. The van der Waals surface area contributed by atoms with Crippen LogP contribution in [0.25, 0.3) is 0 Å². The monoisotopic (exact) mass is 438 g/mol. The molecule has 166 valence electrons. The first-order valence-corrected chi connectivity index (χ1v) is 12.1. The van der Waals surface area contributed by atoms with Crippen molar-refractivity contribution in [2.45, 2.75) is 44.4 Å². The summed E-state index contributed by atoms with van der Waals surface area (Å²) in [6.45, 7) is 2.90. The van der Waals surface area contributed by atoms with E-state index in [1.807, 2.05) is 30.3 Å². The van der Waals surface area contributed by atoms with Gasteiger partial charge in [-0.1, -0.05) is 30.3 Å². The Kier molecular flexibility index (Phi) is 7.02. The Balaban J connectivity index is 1.74. The van der Waals surface area contributed by atoms with Gasteiger partial charge in [-0.15, -0.1) is 0 Å². The predicted molar refractivity (Wildman–Crippen MR) is 112 cm³/mol. The predicted octanol–water partition coefficient (Wildman–Crippen LogP) is 1.84. The van der Waals surface area contributed by atoms with Gasteiger partial charge in [0.15, 0.2) is 9.84 Å². The number of hydrogen-bond acceptors (Lipinski definition) is 6. The van der Waals surface area contributed by atoms with Crippen LogP contribution in [0.4, 0.5) is 4.79 Å². The molecule has 3 rings (SSSR count). The van der Waals surface area contributed by atoms with Gasteiger partial charge < -0.3 is 14.4 Å². The lowest BCUT2D eigenvalue weighted by Gasteiger charge is -2.39. The molecule has 2 aliphatic heterocycles. The van der Waals surface area contributed by atoms with E-state index in [1.165, 1.54) is 4.90 Å². The molecule has 0 radical (unpaired) electrons. The van der Waals surface area contributed by atoms with Crippen LogP contribution in [0.3, 0.4) is 0 Å². The third-order valence-electron chi connectivity index (χ3n) is 5.97. The van der Waals surface area contributed by atoms with Crippen molar-refractivity contribution >= 4 is 21.8 Å². The topological polar surface area (TPSA) is 93.2 Å². The number of carbonyl (C=O) groups is 2. The average Bonchev–Trinajstić information content (AvgIpc) is 3.30. The van der Waals surface area contributed by atoms with Crippen LogP contribution in [-0.2, 0) is 30.7 Å². The summed E-state index contributed by atoms with van der Waals surface area (Å²) in [4.78, 5) is 29.5. The van der Waals surface area contributed by atoms with Gasteiger partial charge in [-0.05, 0) is 31.7 Å². The summed E-state index contributed by atoms with van der Waals surface area (Å²) in [6.07, 6.45) is 1.07. The minimum atomic E-state index is -3.15. The maximum absolute atomic E-state index is 13.6. The molecule has 0 spiro atoms. The molecule has 8 nitrogen and oxygen atoms in total. The van der Waals surface area contributed by atoms with Gasteiger partial charge >= 0.3 is 6.09 Å². The Hall–Kier alpha value is -2.13. The minimum Gasteiger partial charge on any atom is -0.445 e. The number of likely N-dealkylation sites (tertiary alicyclic amines) is 1. The van der Waals surface area contributed by atoms with Crippen molar-refractivity contribution in [3.63, 3.8) is 0 Å². The fourth-order valence-electron chi connectivity index (χ4n) is 4.25. The van der Waals surface area contributed by atoms with Crippen LogP contribution in [-0.4, -0.2) is 80.1 Å². The SMILES string of the molecule is COCCN(C(=O)C1(C)CCCN1C(=O)OCc1ccccc1)C1CCS(=O)(=O)C1. The van der Waals surface area contributed by atoms with Gasteiger partial charge in [-0.25, -0.2) is 13.2 Å². The molecular formula is C21H30N2O6S. The molecular weight excluding hydrogens is 408 g/mol. The molecule has 1 aromatic carbocycles. The van der Waals surface area contributed by atoms with Crippen LogP contribution in [0, 0.1) is 0 Å². The molecule has 0 bridgehead atoms. The van der Waals surface area contributed by atoms with Crippen LogP contribution < -0.4 is 0 Å². The van der Waals surface area contributed by atoms with Crippen molar-refractivity contribution in [3.8, 4) is 0 Å². The van der Waals surface area contributed by atoms with Gasteiger partial charge in [0.1, 0.15) is 12.1 Å². The maximum Gasteiger partial charge on any atom is 0.410 e. The van der Waals surface area contributed by atoms with Crippen molar-refractivity contribution in [2.24, 2.45) is 0 Å². The first kappa shape index (κ1) is 22.6. The van der Waals surface area contributed by atoms with E-state index in [0.29, 0.717) is 32.4 Å². The lowest BCUT2D eigenvalue weighted by atomic mass is 9.96. The molecule has 2 saturated heterocycles. The van der Waals surface area contributed by atoms with Gasteiger partial charge in [0.25, 0.3) is 0 Å². The Morgan fingerprint density at radius 3 is 2.63 bits per heavy atom. The molecule has 2 amide bonds. The van der Waals surface area contributed by atoms with Gasteiger partial charge in [0, 0.05) is 26.2 Å². The molecule has 9 heteroatoms. The lowest BCUT2D eigenvalue weighted by Crippen LogP contribution is -2.59. The zero-order valence-corrected chi connectivity index (χ0v) is 18.4. The summed E-state index contributed by atoms with van der Waals surface area (Å²) in [5, 5.41) is 0. The summed E-state index contributed by atoms with van der Waals surface area (Å²) >= 11 is 0. The number of sulfone groups is 1. The van der Waals surface area contributed by atoms with Crippen LogP contribution in [0.5, 0.6) is 0 Å². The normalized spacial score (nSPS) is 25.3. The zero-order valence-electron chi connectivity index (χ0n) is 17.6. The highest BCUT2D eigenvalue weighted by Gasteiger charge is 2.50. The molecule has 2 aliphatic rings. The van der Waals surface area contributed by atoms with E-state index in [-0.39, 0.29) is 30.6 Å². The average molecular weight is 439 g/mol. The van der Waals surface area contributed by atoms with Crippen LogP contribution >= 0.6 is 0 Å². The second kappa shape index (κ2) is 9.34. The Bertz CT molecular complexity index is 860. The third kappa shape index (κ3) is 4.95. The minimum absolute atomic E-state index is 0.0447. The standard InChI is InChI=1S/C21H30N2O6S/c1-21(19(24)22(12-13-28-2)18-9-14-30(26,27)16-18)10-6-11-23(21)20(25)29-15-17-7-4-3-5-8-17/h3-5,7-8,18H,6,9-16H2,1-2H3. The smallest absolute Gasteiger partial charge is 0.410 e. The molecule has 0 N–H and O–H groups in total. The largest absolute Gasteiger partial charge is 0.445 e. The number of nitrogens with zero attached hydrogens (tertiary/aromatic N) is 2. The quantitative estimate of drug-likeness (QED) is 0.645. The zero-order chi connectivity index (χ0) is 21.8. The summed E-state index contributed by atoms with van der Waals surface area (Å²) < 4.78 is 34.6. The van der Waals surface area contributed by atoms with E-state index < -0.39 is 27.5 Å². The Morgan fingerprint density at radius 1 is 1.27 bits per heavy atom. The van der Waals surface area contributed by atoms with Gasteiger partial charge in [0.2, 0.25) is 5.91 Å². The van der Waals surface area contributed by atoms with Crippen molar-refractivity contribution in [3.05, 3.63) is 35.9 Å². The molecule has 2 unspecified atom stereocenters. The summed E-state index contributed by atoms with van der Waals surface area (Å²) in [5.41, 5.74) is -0.190. The summed E-state index contributed by atoms with van der Waals surface area (Å²) in [5.74, 6) is -0.207. The first-order chi connectivity index (χ1) is 14.3. The lowest BCUT2D eigenvalue weighted by molar-refractivity contribution is -0.144. The van der Waals surface area contributed by atoms with Crippen LogP contribution in [0.15, 0.2) is 30.3 Å². The van der Waals surface area contributed by atoms with E-state index in [9.17, 15) is 18.0 Å². The molecule has 0 saturated carbocycles. The molecule has 30 heavy (non-hydrogen) atoms. The van der Waals surface area contributed by atoms with Crippen molar-refractivity contribution in [1.82, 2.24) is 9.80 Å². The molecule has 2 fully saturated rings. The van der Waals surface area contributed by atoms with E-state index in [4.69, 9.17) is 9.47 Å². The fourth-order valence-corrected chi connectivity index (χ4v) is 5.98. The van der Waals surface area contributed by atoms with Gasteiger partial charge in [-0.2, -0.15) is 0 Å². The van der Waals surface area contributed by atoms with Gasteiger partial charge in [-0.3, -0.25) is 9.69 Å². The fraction of sp³-hybridized carbons (Fsp3) is 0.619. The number of ether oxygens (including phenoxy) is 2. The molecule has 2 atom stereocenters. The second-order valence-corrected chi connectivity index (χ2v) is 10.3. The van der Waals surface area contributed by atoms with Crippen LogP contribution in [0.1, 0.15) is 31.7 Å². The number of amides is 2. The van der Waals surface area contributed by atoms with Crippen LogP contribution in [0.2, 0.25) is 0 Å². The Labute approximate surface area is 178 Å². The number of methoxy groups -OCH3 is 1. The van der Waals surface area contributed by atoms with Crippen molar-refractivity contribution < 1.29 is 27.5 Å². The second-order valence-electron chi connectivity index (χ2n) is 8.12. The summed E-state index contributed by atoms with van der Waals surface area (Å²) in [6, 6.07) is 8.98. The highest BCUT2D eigenvalue weighted by Crippen LogP contribution is 2.33. The molecule has 0 aliphatic carbocycles. The third-order valence-corrected chi connectivity index (χ3v) is 7.72. The van der Waals surface area contributed by atoms with Gasteiger partial charge in [0.05, 0.1) is 18.1 Å². The Morgan fingerprint density at radius 2 is 2.00 bits per heavy atom. The van der Waals surface area contributed by atoms with E-state index >= 15 is 0 Å². The first-order valence-electron chi connectivity index (χ1n) is 10.3. The number of benzene rings is 1. The van der Waals surface area contributed by atoms with Crippen molar-refractivity contribution in [2.75, 3.05) is 38.3 Å². The number of hydrogen-bond donors (Lipinski definition) is 0. The van der Waals surface area contributed by atoms with E-state index in [1.54, 1.807) is 18.9 Å². The van der Waals surface area contributed by atoms with E-state index in [2.05, 4.69) is 0 Å². The van der Waals surface area contributed by atoms with Crippen molar-refractivity contribution in [1.29, 1.82) is 0 Å². The molecule has 2 heterocycles. The van der Waals surface area contributed by atoms with E-state index in [0.717, 1.165) is 5.56 Å². The molecule has 0 aromatic heterocycles. The highest BCUT2D eigenvalue weighted by molar-refractivity contribution is 7.91.